The van der Waals surface area contributed by atoms with Gasteiger partial charge in [-0.25, -0.2) is 4.39 Å². The van der Waals surface area contributed by atoms with Crippen molar-refractivity contribution in [3.05, 3.63) is 64.4 Å². The Morgan fingerprint density at radius 2 is 2.08 bits per heavy atom. The zero-order valence-corrected chi connectivity index (χ0v) is 15.4. The van der Waals surface area contributed by atoms with E-state index >= 15 is 0 Å². The van der Waals surface area contributed by atoms with E-state index in [0.29, 0.717) is 27.6 Å². The van der Waals surface area contributed by atoms with Gasteiger partial charge in [-0.05, 0) is 36.2 Å². The summed E-state index contributed by atoms with van der Waals surface area (Å²) in [6.45, 7) is 1.95. The van der Waals surface area contributed by atoms with Gasteiger partial charge in [-0.1, -0.05) is 47.6 Å². The maximum atomic E-state index is 13.5. The average Bonchev–Trinajstić information content (AvgIpc) is 3.10. The molecule has 1 heterocycles. The first-order valence-corrected chi connectivity index (χ1v) is 9.12. The number of thioether (sulfide) groups is 1. The Hall–Kier alpha value is -2.38. The topological polar surface area (TPSA) is 68.0 Å². The summed E-state index contributed by atoms with van der Waals surface area (Å²) in [7, 11) is 0. The molecule has 1 N–H and O–H groups in total. The fourth-order valence-corrected chi connectivity index (χ4v) is 2.95. The van der Waals surface area contributed by atoms with E-state index in [4.69, 9.17) is 16.0 Å². The molecule has 0 bridgehead atoms. The first kappa shape index (κ1) is 18.4. The van der Waals surface area contributed by atoms with Crippen LogP contribution in [-0.4, -0.2) is 21.9 Å². The Morgan fingerprint density at radius 1 is 1.27 bits per heavy atom. The zero-order chi connectivity index (χ0) is 18.5. The Bertz CT molecular complexity index is 932. The highest BCUT2D eigenvalue weighted by molar-refractivity contribution is 7.99. The summed E-state index contributed by atoms with van der Waals surface area (Å²) in [6.07, 6.45) is 0. The van der Waals surface area contributed by atoms with Crippen LogP contribution in [0.4, 0.5) is 4.39 Å². The van der Waals surface area contributed by atoms with E-state index in [-0.39, 0.29) is 29.2 Å². The maximum absolute atomic E-state index is 13.5. The van der Waals surface area contributed by atoms with Crippen LogP contribution in [0.2, 0.25) is 5.02 Å². The van der Waals surface area contributed by atoms with Crippen molar-refractivity contribution in [1.82, 2.24) is 15.5 Å². The molecule has 3 rings (SSSR count). The monoisotopic (exact) mass is 391 g/mol. The second kappa shape index (κ2) is 8.33. The van der Waals surface area contributed by atoms with Crippen molar-refractivity contribution in [2.75, 3.05) is 5.75 Å². The molecule has 0 unspecified atom stereocenters. The highest BCUT2D eigenvalue weighted by atomic mass is 35.5. The van der Waals surface area contributed by atoms with Crippen molar-refractivity contribution in [2.45, 2.75) is 18.7 Å². The van der Waals surface area contributed by atoms with Gasteiger partial charge in [0.2, 0.25) is 11.8 Å². The van der Waals surface area contributed by atoms with Crippen molar-refractivity contribution < 1.29 is 13.6 Å². The normalized spacial score (nSPS) is 10.7. The van der Waals surface area contributed by atoms with Crippen molar-refractivity contribution in [3.8, 4) is 11.5 Å². The smallest absolute Gasteiger partial charge is 0.277 e. The Kier molecular flexibility index (Phi) is 5.90. The van der Waals surface area contributed by atoms with Crippen molar-refractivity contribution in [3.63, 3.8) is 0 Å². The Balaban J connectivity index is 1.52. The molecule has 0 aliphatic rings. The molecule has 0 aliphatic heterocycles. The van der Waals surface area contributed by atoms with E-state index in [1.54, 1.807) is 31.2 Å². The summed E-state index contributed by atoms with van der Waals surface area (Å²) < 4.78 is 19.0. The second-order valence-corrected chi connectivity index (χ2v) is 6.84. The van der Waals surface area contributed by atoms with E-state index in [9.17, 15) is 9.18 Å². The first-order valence-electron chi connectivity index (χ1n) is 7.76. The molecule has 0 atom stereocenters. The molecule has 1 amide bonds. The van der Waals surface area contributed by atoms with Crippen LogP contribution in [0, 0.1) is 12.7 Å². The van der Waals surface area contributed by atoms with Gasteiger partial charge >= 0.3 is 0 Å². The molecule has 2 aromatic carbocycles. The fraction of sp³-hybridized carbons (Fsp3) is 0.167. The lowest BCUT2D eigenvalue weighted by molar-refractivity contribution is -0.118. The zero-order valence-electron chi connectivity index (χ0n) is 13.8. The summed E-state index contributed by atoms with van der Waals surface area (Å²) in [4.78, 5) is 11.9. The first-order chi connectivity index (χ1) is 12.5. The van der Waals surface area contributed by atoms with Crippen LogP contribution in [0.3, 0.4) is 0 Å². The summed E-state index contributed by atoms with van der Waals surface area (Å²) in [5.74, 6) is -0.0930. The number of aryl methyl sites for hydroxylation is 1. The number of carbonyl (C=O) groups is 1. The summed E-state index contributed by atoms with van der Waals surface area (Å²) >= 11 is 7.21. The van der Waals surface area contributed by atoms with Gasteiger partial charge in [-0.15, -0.1) is 10.2 Å². The average molecular weight is 392 g/mol. The third kappa shape index (κ3) is 4.62. The van der Waals surface area contributed by atoms with Gasteiger partial charge in [0.1, 0.15) is 5.82 Å². The van der Waals surface area contributed by atoms with Gasteiger partial charge in [0.25, 0.3) is 5.22 Å². The molecule has 26 heavy (non-hydrogen) atoms. The van der Waals surface area contributed by atoms with Gasteiger partial charge in [0.15, 0.2) is 0 Å². The molecule has 1 aromatic heterocycles. The van der Waals surface area contributed by atoms with Crippen LogP contribution < -0.4 is 5.32 Å². The Morgan fingerprint density at radius 3 is 2.85 bits per heavy atom. The number of rotatable bonds is 6. The van der Waals surface area contributed by atoms with Crippen LogP contribution in [0.15, 0.2) is 52.1 Å². The highest BCUT2D eigenvalue weighted by Gasteiger charge is 2.13. The number of amides is 1. The van der Waals surface area contributed by atoms with Crippen molar-refractivity contribution in [1.29, 1.82) is 0 Å². The fourth-order valence-electron chi connectivity index (χ4n) is 2.14. The largest absolute Gasteiger partial charge is 0.411 e. The van der Waals surface area contributed by atoms with Gasteiger partial charge in [-0.3, -0.25) is 4.79 Å². The quantitative estimate of drug-likeness (QED) is 0.636. The number of halogens is 2. The lowest BCUT2D eigenvalue weighted by atomic mass is 10.1. The standard InChI is InChI=1S/C18H15ClFN3O2S/c1-11-6-7-12(8-15(11)20)9-21-16(24)10-26-18-23-22-17(25-18)13-4-2-3-5-14(13)19/h2-8H,9-10H2,1H3,(H,21,24). The molecular formula is C18H15ClFN3O2S. The third-order valence-electron chi connectivity index (χ3n) is 3.56. The van der Waals surface area contributed by atoms with Crippen molar-refractivity contribution in [2.24, 2.45) is 0 Å². The minimum Gasteiger partial charge on any atom is -0.411 e. The lowest BCUT2D eigenvalue weighted by Gasteiger charge is -2.05. The van der Waals surface area contributed by atoms with Gasteiger partial charge in [-0.2, -0.15) is 0 Å². The van der Waals surface area contributed by atoms with E-state index in [1.165, 1.54) is 6.07 Å². The lowest BCUT2D eigenvalue weighted by Crippen LogP contribution is -2.24. The molecular weight excluding hydrogens is 377 g/mol. The molecule has 0 radical (unpaired) electrons. The van der Waals surface area contributed by atoms with E-state index in [0.717, 1.165) is 11.8 Å². The number of aromatic nitrogens is 2. The third-order valence-corrected chi connectivity index (χ3v) is 4.71. The summed E-state index contributed by atoms with van der Waals surface area (Å²) in [5.41, 5.74) is 1.91. The molecule has 0 spiro atoms. The maximum Gasteiger partial charge on any atom is 0.277 e. The van der Waals surface area contributed by atoms with E-state index < -0.39 is 0 Å². The molecule has 3 aromatic rings. The predicted molar refractivity (Wildman–Crippen MR) is 98.5 cm³/mol. The van der Waals surface area contributed by atoms with E-state index in [1.807, 2.05) is 12.1 Å². The summed E-state index contributed by atoms with van der Waals surface area (Å²) in [6, 6.07) is 12.0. The predicted octanol–water partition coefficient (Wildman–Crippen LogP) is 4.25. The molecule has 134 valence electrons. The van der Waals surface area contributed by atoms with Gasteiger partial charge < -0.3 is 9.73 Å². The van der Waals surface area contributed by atoms with Crippen LogP contribution >= 0.6 is 23.4 Å². The second-order valence-electron chi connectivity index (χ2n) is 5.50. The number of hydrogen-bond acceptors (Lipinski definition) is 5. The number of hydrogen-bond donors (Lipinski definition) is 1. The highest BCUT2D eigenvalue weighted by Crippen LogP contribution is 2.28. The minimum absolute atomic E-state index is 0.110. The van der Waals surface area contributed by atoms with Crippen LogP contribution in [0.5, 0.6) is 0 Å². The van der Waals surface area contributed by atoms with E-state index in [2.05, 4.69) is 15.5 Å². The molecule has 0 saturated heterocycles. The summed E-state index contributed by atoms with van der Waals surface area (Å²) in [5, 5.41) is 11.4. The van der Waals surface area contributed by atoms with Crippen LogP contribution in [0.1, 0.15) is 11.1 Å². The van der Waals surface area contributed by atoms with Crippen molar-refractivity contribution >= 4 is 29.3 Å². The molecule has 5 nitrogen and oxygen atoms in total. The number of nitrogens with one attached hydrogen (secondary N) is 1. The molecule has 0 fully saturated rings. The van der Waals surface area contributed by atoms with Gasteiger partial charge in [0.05, 0.1) is 16.3 Å². The van der Waals surface area contributed by atoms with Crippen LogP contribution in [-0.2, 0) is 11.3 Å². The Labute approximate surface area is 159 Å². The number of carbonyl (C=O) groups excluding carboxylic acids is 1. The van der Waals surface area contributed by atoms with Crippen LogP contribution in [0.25, 0.3) is 11.5 Å². The SMILES string of the molecule is Cc1ccc(CNC(=O)CSc2nnc(-c3ccccc3Cl)o2)cc1F. The molecule has 0 saturated carbocycles. The van der Waals surface area contributed by atoms with Gasteiger partial charge in [0, 0.05) is 6.54 Å². The number of benzene rings is 2. The molecule has 8 heteroatoms. The minimum atomic E-state index is -0.288. The molecule has 0 aliphatic carbocycles. The number of nitrogens with zero attached hydrogens (tertiary/aromatic N) is 2.